The van der Waals surface area contributed by atoms with Crippen molar-refractivity contribution in [1.29, 1.82) is 0 Å². The molecule has 0 saturated heterocycles. The molecule has 1 aromatic rings. The Labute approximate surface area is 106 Å². The summed E-state index contributed by atoms with van der Waals surface area (Å²) >= 11 is 0. The summed E-state index contributed by atoms with van der Waals surface area (Å²) < 4.78 is 17.9. The highest BCUT2D eigenvalue weighted by molar-refractivity contribution is 5.82. The van der Waals surface area contributed by atoms with Crippen LogP contribution in [0.5, 0.6) is 0 Å². The Hall–Kier alpha value is -1.86. The molecule has 0 bridgehead atoms. The van der Waals surface area contributed by atoms with E-state index in [0.717, 1.165) is 0 Å². The molecule has 4 heteroatoms. The molecular weight excluding hydrogens is 233 g/mol. The van der Waals surface area contributed by atoms with E-state index in [1.54, 1.807) is 13.8 Å². The number of nitrogens with one attached hydrogen (secondary N) is 1. The fourth-order valence-electron chi connectivity index (χ4n) is 1.58. The summed E-state index contributed by atoms with van der Waals surface area (Å²) in [7, 11) is 0. The Morgan fingerprint density at radius 3 is 2.61 bits per heavy atom. The monoisotopic (exact) mass is 249 g/mol. The number of terminal acetylenes is 1. The van der Waals surface area contributed by atoms with Crippen LogP contribution in [0, 0.1) is 18.2 Å². The van der Waals surface area contributed by atoms with E-state index < -0.39 is 11.5 Å². The van der Waals surface area contributed by atoms with Gasteiger partial charge >= 0.3 is 5.97 Å². The summed E-state index contributed by atoms with van der Waals surface area (Å²) in [4.78, 5) is 12.0. The number of rotatable bonds is 5. The molecule has 0 aromatic heterocycles. The first-order chi connectivity index (χ1) is 8.54. The molecule has 1 unspecified atom stereocenters. The van der Waals surface area contributed by atoms with Gasteiger partial charge in [-0.05, 0) is 31.5 Å². The van der Waals surface area contributed by atoms with Gasteiger partial charge < -0.3 is 4.74 Å². The van der Waals surface area contributed by atoms with E-state index in [1.807, 2.05) is 0 Å². The van der Waals surface area contributed by atoms with Crippen molar-refractivity contribution < 1.29 is 13.9 Å². The fraction of sp³-hybridized carbons (Fsp3) is 0.357. The van der Waals surface area contributed by atoms with Gasteiger partial charge in [0.15, 0.2) is 0 Å². The van der Waals surface area contributed by atoms with E-state index in [9.17, 15) is 9.18 Å². The van der Waals surface area contributed by atoms with Gasteiger partial charge in [0, 0.05) is 0 Å². The quantitative estimate of drug-likeness (QED) is 0.639. The summed E-state index contributed by atoms with van der Waals surface area (Å²) in [6.07, 6.45) is 5.19. The maximum atomic E-state index is 12.9. The average Bonchev–Trinajstić information content (AvgIpc) is 2.37. The minimum Gasteiger partial charge on any atom is -0.464 e. The van der Waals surface area contributed by atoms with Crippen molar-refractivity contribution in [2.75, 3.05) is 13.2 Å². The number of ether oxygens (including phenoxy) is 1. The number of hydrogen-bond acceptors (Lipinski definition) is 3. The van der Waals surface area contributed by atoms with Crippen molar-refractivity contribution in [2.24, 2.45) is 0 Å². The van der Waals surface area contributed by atoms with E-state index in [1.165, 1.54) is 24.3 Å². The average molecular weight is 249 g/mol. The van der Waals surface area contributed by atoms with Gasteiger partial charge in [0.05, 0.1) is 13.2 Å². The van der Waals surface area contributed by atoms with Crippen molar-refractivity contribution in [3.8, 4) is 12.3 Å². The van der Waals surface area contributed by atoms with Crippen LogP contribution in [0.15, 0.2) is 24.3 Å². The van der Waals surface area contributed by atoms with E-state index in [0.29, 0.717) is 5.56 Å². The number of carbonyl (C=O) groups is 1. The Morgan fingerprint density at radius 1 is 1.50 bits per heavy atom. The molecule has 1 rings (SSSR count). The molecule has 0 saturated carbocycles. The van der Waals surface area contributed by atoms with Crippen LogP contribution in [-0.4, -0.2) is 19.1 Å². The van der Waals surface area contributed by atoms with Gasteiger partial charge in [-0.25, -0.2) is 9.18 Å². The molecule has 0 heterocycles. The molecule has 3 nitrogen and oxygen atoms in total. The molecule has 0 aliphatic heterocycles. The van der Waals surface area contributed by atoms with Crippen LogP contribution in [0.25, 0.3) is 0 Å². The lowest BCUT2D eigenvalue weighted by Gasteiger charge is -2.28. The molecule has 1 aromatic carbocycles. The van der Waals surface area contributed by atoms with Crippen LogP contribution in [0.2, 0.25) is 0 Å². The zero-order chi connectivity index (χ0) is 13.6. The van der Waals surface area contributed by atoms with Crippen molar-refractivity contribution in [3.63, 3.8) is 0 Å². The molecular formula is C14H16FNO2. The Kier molecular flexibility index (Phi) is 4.87. The zero-order valence-corrected chi connectivity index (χ0v) is 10.5. The molecule has 1 N–H and O–H groups in total. The SMILES string of the molecule is C#CCNC(C)(C(=O)OCC)c1ccc(F)cc1. The highest BCUT2D eigenvalue weighted by atomic mass is 19.1. The normalized spacial score (nSPS) is 13.4. The third-order valence-corrected chi connectivity index (χ3v) is 2.65. The van der Waals surface area contributed by atoms with Gasteiger partial charge in [0.2, 0.25) is 0 Å². The second-order valence-electron chi connectivity index (χ2n) is 3.91. The van der Waals surface area contributed by atoms with Crippen LogP contribution in [0.4, 0.5) is 4.39 Å². The maximum absolute atomic E-state index is 12.9. The van der Waals surface area contributed by atoms with Gasteiger partial charge in [-0.1, -0.05) is 18.1 Å². The van der Waals surface area contributed by atoms with Crippen molar-refractivity contribution in [2.45, 2.75) is 19.4 Å². The standard InChI is InChI=1S/C14H16FNO2/c1-4-10-16-14(3,13(17)18-5-2)11-6-8-12(15)9-7-11/h1,6-9,16H,5,10H2,2-3H3. The molecule has 0 aliphatic rings. The zero-order valence-electron chi connectivity index (χ0n) is 10.5. The first-order valence-electron chi connectivity index (χ1n) is 5.66. The van der Waals surface area contributed by atoms with Crippen LogP contribution in [0.3, 0.4) is 0 Å². The summed E-state index contributed by atoms with van der Waals surface area (Å²) in [5, 5.41) is 2.93. The molecule has 0 amide bonds. The number of esters is 1. The van der Waals surface area contributed by atoms with E-state index >= 15 is 0 Å². The Morgan fingerprint density at radius 2 is 2.11 bits per heavy atom. The van der Waals surface area contributed by atoms with Crippen molar-refractivity contribution >= 4 is 5.97 Å². The molecule has 0 radical (unpaired) electrons. The summed E-state index contributed by atoms with van der Waals surface area (Å²) in [6.45, 7) is 3.87. The first-order valence-corrected chi connectivity index (χ1v) is 5.66. The maximum Gasteiger partial charge on any atom is 0.330 e. The van der Waals surface area contributed by atoms with Gasteiger partial charge in [0.25, 0.3) is 0 Å². The highest BCUT2D eigenvalue weighted by Gasteiger charge is 2.36. The number of benzene rings is 1. The smallest absolute Gasteiger partial charge is 0.330 e. The van der Waals surface area contributed by atoms with E-state index in [2.05, 4.69) is 11.2 Å². The molecule has 18 heavy (non-hydrogen) atoms. The lowest BCUT2D eigenvalue weighted by Crippen LogP contribution is -2.47. The minimum absolute atomic E-state index is 0.215. The van der Waals surface area contributed by atoms with Gasteiger partial charge in [0.1, 0.15) is 11.4 Å². The molecule has 0 fully saturated rings. The third-order valence-electron chi connectivity index (χ3n) is 2.65. The fourth-order valence-corrected chi connectivity index (χ4v) is 1.58. The first kappa shape index (κ1) is 14.2. The second kappa shape index (κ2) is 6.18. The molecule has 0 spiro atoms. The molecule has 96 valence electrons. The highest BCUT2D eigenvalue weighted by Crippen LogP contribution is 2.22. The largest absolute Gasteiger partial charge is 0.464 e. The third kappa shape index (κ3) is 3.08. The predicted molar refractivity (Wildman–Crippen MR) is 67.2 cm³/mol. The summed E-state index contributed by atoms with van der Waals surface area (Å²) in [5.74, 6) is 1.61. The van der Waals surface area contributed by atoms with Gasteiger partial charge in [-0.15, -0.1) is 6.42 Å². The number of hydrogen-bond donors (Lipinski definition) is 1. The molecule has 1 atom stereocenters. The van der Waals surface area contributed by atoms with Gasteiger partial charge in [-0.2, -0.15) is 0 Å². The topological polar surface area (TPSA) is 38.3 Å². The molecule has 0 aliphatic carbocycles. The van der Waals surface area contributed by atoms with E-state index in [-0.39, 0.29) is 19.0 Å². The van der Waals surface area contributed by atoms with Crippen LogP contribution >= 0.6 is 0 Å². The van der Waals surface area contributed by atoms with Crippen LogP contribution in [-0.2, 0) is 15.1 Å². The summed E-state index contributed by atoms with van der Waals surface area (Å²) in [5.41, 5.74) is -0.464. The number of halogens is 1. The summed E-state index contributed by atoms with van der Waals surface area (Å²) in [6, 6.07) is 5.67. The van der Waals surface area contributed by atoms with Gasteiger partial charge in [-0.3, -0.25) is 5.32 Å². The Balaban J connectivity index is 3.07. The lowest BCUT2D eigenvalue weighted by molar-refractivity contribution is -0.150. The Bertz CT molecular complexity index is 450. The van der Waals surface area contributed by atoms with Crippen molar-refractivity contribution in [1.82, 2.24) is 5.32 Å². The van der Waals surface area contributed by atoms with Crippen LogP contribution < -0.4 is 5.32 Å². The number of carbonyl (C=O) groups excluding carboxylic acids is 1. The lowest BCUT2D eigenvalue weighted by atomic mass is 9.92. The second-order valence-corrected chi connectivity index (χ2v) is 3.91. The predicted octanol–water partition coefficient (Wildman–Crippen LogP) is 1.83. The van der Waals surface area contributed by atoms with E-state index in [4.69, 9.17) is 11.2 Å². The van der Waals surface area contributed by atoms with Crippen LogP contribution in [0.1, 0.15) is 19.4 Å². The minimum atomic E-state index is -1.07. The van der Waals surface area contributed by atoms with Crippen molar-refractivity contribution in [3.05, 3.63) is 35.6 Å².